The van der Waals surface area contributed by atoms with Gasteiger partial charge >= 0.3 is 0 Å². The predicted octanol–water partition coefficient (Wildman–Crippen LogP) is 3.57. The van der Waals surface area contributed by atoms with Gasteiger partial charge < -0.3 is 4.74 Å². The number of Topliss-reactive ketones (excluding diaryl/α,β-unsaturated/α-hetero) is 1. The molecule has 0 bridgehead atoms. The number of hydrogen-bond acceptors (Lipinski definition) is 2. The maximum atomic E-state index is 12.3. The van der Waals surface area contributed by atoms with Crippen molar-refractivity contribution in [2.45, 2.75) is 11.2 Å². The van der Waals surface area contributed by atoms with Crippen LogP contribution in [0.15, 0.2) is 36.4 Å². The monoisotopic (exact) mass is 290 g/mol. The number of ether oxygens (including phenoxy) is 1. The van der Waals surface area contributed by atoms with Crippen LogP contribution in [-0.2, 0) is 0 Å². The molecule has 1 atom stereocenters. The van der Waals surface area contributed by atoms with Gasteiger partial charge in [0, 0.05) is 6.42 Å². The van der Waals surface area contributed by atoms with Crippen molar-refractivity contribution in [3.05, 3.63) is 42.0 Å². The average molecular weight is 291 g/mol. The molecule has 0 amide bonds. The topological polar surface area (TPSA) is 26.3 Å². The van der Waals surface area contributed by atoms with Crippen molar-refractivity contribution in [2.24, 2.45) is 0 Å². The molecular weight excluding hydrogens is 280 g/mol. The first-order valence-electron chi connectivity index (χ1n) is 5.60. The lowest BCUT2D eigenvalue weighted by molar-refractivity contribution is 0.0993. The minimum Gasteiger partial charge on any atom is -0.493 e. The predicted molar refractivity (Wildman–Crippen MR) is 71.1 cm³/mol. The smallest absolute Gasteiger partial charge is 0.180 e. The Hall–Kier alpha value is -1.35. The van der Waals surface area contributed by atoms with Gasteiger partial charge in [-0.1, -0.05) is 46.3 Å². The van der Waals surface area contributed by atoms with Crippen LogP contribution in [0.4, 0.5) is 0 Å². The molecule has 1 heterocycles. The summed E-state index contributed by atoms with van der Waals surface area (Å²) in [4.78, 5) is 12.2. The van der Waals surface area contributed by atoms with Crippen LogP contribution in [0.2, 0.25) is 0 Å². The van der Waals surface area contributed by atoms with E-state index in [1.165, 1.54) is 0 Å². The zero-order valence-electron chi connectivity index (χ0n) is 9.15. The molecule has 1 aliphatic rings. The molecule has 0 saturated carbocycles. The molecule has 0 aliphatic carbocycles. The highest BCUT2D eigenvalue weighted by molar-refractivity contribution is 9.10. The molecule has 86 valence electrons. The third-order valence-electron chi connectivity index (χ3n) is 3.05. The molecule has 1 aliphatic heterocycles. The fraction of sp³-hybridized carbons (Fsp3) is 0.214. The molecule has 1 unspecified atom stereocenters. The molecule has 2 nitrogen and oxygen atoms in total. The van der Waals surface area contributed by atoms with Crippen LogP contribution in [0.3, 0.4) is 0 Å². The van der Waals surface area contributed by atoms with E-state index in [1.807, 2.05) is 36.4 Å². The van der Waals surface area contributed by atoms with Crippen LogP contribution >= 0.6 is 15.9 Å². The molecule has 0 aromatic heterocycles. The van der Waals surface area contributed by atoms with Gasteiger partial charge in [0.05, 0.1) is 17.0 Å². The lowest BCUT2D eigenvalue weighted by Crippen LogP contribution is -2.13. The van der Waals surface area contributed by atoms with Crippen LogP contribution < -0.4 is 4.74 Å². The summed E-state index contributed by atoms with van der Waals surface area (Å²) in [6.07, 6.45) is 0.710. The number of alkyl halides is 1. The van der Waals surface area contributed by atoms with Gasteiger partial charge in [-0.2, -0.15) is 0 Å². The quantitative estimate of drug-likeness (QED) is 0.694. The van der Waals surface area contributed by atoms with E-state index >= 15 is 0 Å². The number of halogens is 1. The molecule has 17 heavy (non-hydrogen) atoms. The Morgan fingerprint density at radius 3 is 2.88 bits per heavy atom. The van der Waals surface area contributed by atoms with Crippen molar-refractivity contribution in [1.29, 1.82) is 0 Å². The largest absolute Gasteiger partial charge is 0.493 e. The lowest BCUT2D eigenvalue weighted by Gasteiger charge is -2.09. The molecule has 0 spiro atoms. The SMILES string of the molecule is O=C1c2c(ccc3ccccc23)OCCC1Br. The summed E-state index contributed by atoms with van der Waals surface area (Å²) < 4.78 is 5.65. The van der Waals surface area contributed by atoms with Crippen molar-refractivity contribution in [3.8, 4) is 5.75 Å². The van der Waals surface area contributed by atoms with Crippen molar-refractivity contribution < 1.29 is 9.53 Å². The van der Waals surface area contributed by atoms with Crippen LogP contribution in [0.1, 0.15) is 16.8 Å². The first kappa shape index (κ1) is 10.8. The van der Waals surface area contributed by atoms with Gasteiger partial charge in [-0.15, -0.1) is 0 Å². The second-order valence-electron chi connectivity index (χ2n) is 4.13. The average Bonchev–Trinajstić information content (AvgIpc) is 2.50. The Morgan fingerprint density at radius 2 is 2.00 bits per heavy atom. The first-order chi connectivity index (χ1) is 8.27. The lowest BCUT2D eigenvalue weighted by atomic mass is 9.99. The summed E-state index contributed by atoms with van der Waals surface area (Å²) in [6, 6.07) is 11.8. The number of ketones is 1. The fourth-order valence-electron chi connectivity index (χ4n) is 2.19. The Bertz CT molecular complexity index is 592. The van der Waals surface area contributed by atoms with Crippen molar-refractivity contribution in [1.82, 2.24) is 0 Å². The molecule has 2 aromatic carbocycles. The van der Waals surface area contributed by atoms with Gasteiger partial charge in [-0.05, 0) is 16.8 Å². The second-order valence-corrected chi connectivity index (χ2v) is 5.23. The first-order valence-corrected chi connectivity index (χ1v) is 6.52. The van der Waals surface area contributed by atoms with Crippen LogP contribution in [-0.4, -0.2) is 17.2 Å². The Morgan fingerprint density at radius 1 is 1.18 bits per heavy atom. The van der Waals surface area contributed by atoms with Crippen LogP contribution in [0, 0.1) is 0 Å². The zero-order chi connectivity index (χ0) is 11.8. The molecule has 3 rings (SSSR count). The molecule has 0 fully saturated rings. The molecule has 0 radical (unpaired) electrons. The highest BCUT2D eigenvalue weighted by atomic mass is 79.9. The zero-order valence-corrected chi connectivity index (χ0v) is 10.7. The fourth-order valence-corrected chi connectivity index (χ4v) is 2.60. The standard InChI is InChI=1S/C14H11BrO2/c15-11-7-8-17-12-6-5-9-3-1-2-4-10(9)13(12)14(11)16/h1-6,11H,7-8H2. The van der Waals surface area contributed by atoms with E-state index in [2.05, 4.69) is 15.9 Å². The van der Waals surface area contributed by atoms with E-state index in [9.17, 15) is 4.79 Å². The molecule has 3 heteroatoms. The van der Waals surface area contributed by atoms with E-state index in [-0.39, 0.29) is 10.6 Å². The maximum absolute atomic E-state index is 12.3. The highest BCUT2D eigenvalue weighted by Crippen LogP contribution is 2.33. The Kier molecular flexibility index (Phi) is 2.63. The van der Waals surface area contributed by atoms with Gasteiger partial charge in [0.25, 0.3) is 0 Å². The highest BCUT2D eigenvalue weighted by Gasteiger charge is 2.26. The number of carbonyl (C=O) groups is 1. The summed E-state index contributed by atoms with van der Waals surface area (Å²) in [5.74, 6) is 0.824. The summed E-state index contributed by atoms with van der Waals surface area (Å²) in [5, 5.41) is 2.05. The van der Waals surface area contributed by atoms with Gasteiger partial charge in [-0.25, -0.2) is 0 Å². The van der Waals surface area contributed by atoms with E-state index in [0.29, 0.717) is 24.3 Å². The molecule has 0 N–H and O–H groups in total. The summed E-state index contributed by atoms with van der Waals surface area (Å²) in [6.45, 7) is 0.576. The van der Waals surface area contributed by atoms with Gasteiger partial charge in [-0.3, -0.25) is 4.79 Å². The minimum absolute atomic E-state index is 0.120. The second kappa shape index (κ2) is 4.15. The third kappa shape index (κ3) is 1.75. The molecule has 2 aromatic rings. The van der Waals surface area contributed by atoms with E-state index in [0.717, 1.165) is 10.8 Å². The van der Waals surface area contributed by atoms with Crippen molar-refractivity contribution >= 4 is 32.5 Å². The number of hydrogen-bond donors (Lipinski definition) is 0. The van der Waals surface area contributed by atoms with Crippen molar-refractivity contribution in [3.63, 3.8) is 0 Å². The van der Waals surface area contributed by atoms with Crippen LogP contribution in [0.25, 0.3) is 10.8 Å². The minimum atomic E-state index is -0.144. The van der Waals surface area contributed by atoms with Crippen LogP contribution in [0.5, 0.6) is 5.75 Å². The van der Waals surface area contributed by atoms with Gasteiger partial charge in [0.1, 0.15) is 5.75 Å². The van der Waals surface area contributed by atoms with E-state index in [1.54, 1.807) is 0 Å². The number of rotatable bonds is 0. The maximum Gasteiger partial charge on any atom is 0.180 e. The molecule has 0 saturated heterocycles. The Balaban J connectivity index is 2.33. The van der Waals surface area contributed by atoms with Gasteiger partial charge in [0.15, 0.2) is 5.78 Å². The van der Waals surface area contributed by atoms with E-state index < -0.39 is 0 Å². The Labute approximate surface area is 108 Å². The van der Waals surface area contributed by atoms with E-state index in [4.69, 9.17) is 4.74 Å². The number of fused-ring (bicyclic) bond motifs is 3. The number of benzene rings is 2. The normalized spacial score (nSPS) is 19.6. The third-order valence-corrected chi connectivity index (χ3v) is 3.92. The molecular formula is C14H11BrO2. The van der Waals surface area contributed by atoms with Gasteiger partial charge in [0.2, 0.25) is 0 Å². The summed E-state index contributed by atoms with van der Waals surface area (Å²) in [7, 11) is 0. The number of carbonyl (C=O) groups excluding carboxylic acids is 1. The summed E-state index contributed by atoms with van der Waals surface area (Å²) >= 11 is 3.43. The summed E-state index contributed by atoms with van der Waals surface area (Å²) in [5.41, 5.74) is 0.711. The van der Waals surface area contributed by atoms with Crippen molar-refractivity contribution in [2.75, 3.05) is 6.61 Å².